The average Bonchev–Trinajstić information content (AvgIpc) is 2.69. The molecule has 0 bridgehead atoms. The van der Waals surface area contributed by atoms with E-state index in [0.29, 0.717) is 0 Å². The summed E-state index contributed by atoms with van der Waals surface area (Å²) in [6.45, 7) is 0. The number of hydrogen-bond donors (Lipinski definition) is 0. The summed E-state index contributed by atoms with van der Waals surface area (Å²) >= 11 is 2.99. The van der Waals surface area contributed by atoms with E-state index in [1.807, 2.05) is 12.5 Å². The predicted molar refractivity (Wildman–Crippen MR) is 105 cm³/mol. The summed E-state index contributed by atoms with van der Waals surface area (Å²) in [5, 5.41) is 9.24. The van der Waals surface area contributed by atoms with Gasteiger partial charge in [-0.2, -0.15) is 5.26 Å². The molecule has 0 radical (unpaired) electrons. The van der Waals surface area contributed by atoms with Crippen LogP contribution in [0.4, 0.5) is 13.2 Å². The van der Waals surface area contributed by atoms with Gasteiger partial charge in [-0.3, -0.25) is 0 Å². The number of hydrogen-bond acceptors (Lipinski definition) is 3. The van der Waals surface area contributed by atoms with Gasteiger partial charge >= 0.3 is 0 Å². The van der Waals surface area contributed by atoms with Gasteiger partial charge in [0, 0.05) is 9.79 Å². The van der Waals surface area contributed by atoms with Crippen LogP contribution in [0.5, 0.6) is 0 Å². The molecule has 0 aliphatic rings. The molecule has 0 spiro atoms. The van der Waals surface area contributed by atoms with E-state index in [2.05, 4.69) is 0 Å². The van der Waals surface area contributed by atoms with Crippen LogP contribution in [0.25, 0.3) is 22.3 Å². The minimum Gasteiger partial charge on any atom is -0.205 e. The number of rotatable bonds is 4. The van der Waals surface area contributed by atoms with Gasteiger partial charge in [0.15, 0.2) is 11.6 Å². The lowest BCUT2D eigenvalue weighted by Gasteiger charge is -2.14. The van der Waals surface area contributed by atoms with Gasteiger partial charge in [-0.15, -0.1) is 23.5 Å². The second-order valence-corrected chi connectivity index (χ2v) is 7.40. The molecule has 3 aromatic rings. The normalized spacial score (nSPS) is 10.7. The van der Waals surface area contributed by atoms with Crippen LogP contribution in [0.15, 0.2) is 58.3 Å². The Balaban J connectivity index is 2.29. The highest BCUT2D eigenvalue weighted by Crippen LogP contribution is 2.38. The molecule has 0 aromatic heterocycles. The Kier molecular flexibility index (Phi) is 5.83. The van der Waals surface area contributed by atoms with E-state index < -0.39 is 34.1 Å². The second kappa shape index (κ2) is 8.12. The first-order valence-corrected chi connectivity index (χ1v) is 10.4. The van der Waals surface area contributed by atoms with E-state index in [9.17, 15) is 14.0 Å². The molecule has 0 unspecified atom stereocenters. The number of nitriles is 1. The van der Waals surface area contributed by atoms with E-state index in [-0.39, 0.29) is 11.1 Å². The third-order valence-electron chi connectivity index (χ3n) is 4.19. The third-order valence-corrected chi connectivity index (χ3v) is 5.67. The zero-order chi connectivity index (χ0) is 19.6. The Morgan fingerprint density at radius 3 is 1.33 bits per heavy atom. The SMILES string of the molecule is CSc1ccc(-c2c(F)c(C#N)c(F)c(-c3ccc(SC)cc3)c2F)cc1. The molecule has 0 fully saturated rings. The number of halogens is 3. The van der Waals surface area contributed by atoms with Crippen molar-refractivity contribution < 1.29 is 13.2 Å². The Hall–Kier alpha value is -2.36. The van der Waals surface area contributed by atoms with Crippen LogP contribution in [0, 0.1) is 28.8 Å². The molecule has 0 saturated heterocycles. The van der Waals surface area contributed by atoms with Crippen molar-refractivity contribution in [3.05, 3.63) is 71.5 Å². The Labute approximate surface area is 164 Å². The highest BCUT2D eigenvalue weighted by molar-refractivity contribution is 7.98. The topological polar surface area (TPSA) is 23.8 Å². The summed E-state index contributed by atoms with van der Waals surface area (Å²) in [5.41, 5.74) is -1.08. The van der Waals surface area contributed by atoms with Crippen LogP contribution >= 0.6 is 23.5 Å². The summed E-state index contributed by atoms with van der Waals surface area (Å²) in [4.78, 5) is 1.85. The van der Waals surface area contributed by atoms with E-state index in [1.165, 1.54) is 29.6 Å². The minimum absolute atomic E-state index is 0.251. The van der Waals surface area contributed by atoms with Gasteiger partial charge in [0.2, 0.25) is 0 Å². The number of nitrogens with zero attached hydrogens (tertiary/aromatic N) is 1. The Morgan fingerprint density at radius 1 is 0.667 bits per heavy atom. The maximum absolute atomic E-state index is 15.2. The first kappa shape index (κ1) is 19.4. The molecule has 27 heavy (non-hydrogen) atoms. The van der Waals surface area contributed by atoms with Crippen LogP contribution in [0.1, 0.15) is 5.56 Å². The standard InChI is InChI=1S/C21H14F3NS2/c1-26-14-7-3-12(4-8-14)17-19(22)16(11-25)20(23)18(21(17)24)13-5-9-15(27-2)10-6-13/h3-10H,1-2H3. The lowest BCUT2D eigenvalue weighted by Crippen LogP contribution is -2.03. The first-order chi connectivity index (χ1) is 13.0. The smallest absolute Gasteiger partial charge is 0.154 e. The van der Waals surface area contributed by atoms with Gasteiger partial charge in [-0.1, -0.05) is 24.3 Å². The fraction of sp³-hybridized carbons (Fsp3) is 0.0952. The molecular formula is C21H14F3NS2. The van der Waals surface area contributed by atoms with E-state index in [1.54, 1.807) is 48.5 Å². The molecule has 3 rings (SSSR count). The quantitative estimate of drug-likeness (QED) is 0.452. The molecule has 0 saturated carbocycles. The second-order valence-electron chi connectivity index (χ2n) is 5.64. The van der Waals surface area contributed by atoms with Crippen LogP contribution in [-0.2, 0) is 0 Å². The predicted octanol–water partition coefficient (Wildman–Crippen LogP) is 6.75. The maximum Gasteiger partial charge on any atom is 0.154 e. The summed E-state index contributed by atoms with van der Waals surface area (Å²) in [6.07, 6.45) is 3.77. The van der Waals surface area contributed by atoms with Crippen LogP contribution in [-0.4, -0.2) is 12.5 Å². The zero-order valence-corrected chi connectivity index (χ0v) is 16.1. The Bertz CT molecular complexity index is 949. The maximum atomic E-state index is 15.2. The Morgan fingerprint density at radius 2 is 1.04 bits per heavy atom. The summed E-state index contributed by atoms with van der Waals surface area (Å²) in [6, 6.07) is 14.7. The molecule has 0 aliphatic carbocycles. The highest BCUT2D eigenvalue weighted by atomic mass is 32.2. The fourth-order valence-electron chi connectivity index (χ4n) is 2.78. The molecule has 0 atom stereocenters. The van der Waals surface area contributed by atoms with Crippen molar-refractivity contribution in [1.29, 1.82) is 5.26 Å². The van der Waals surface area contributed by atoms with Crippen molar-refractivity contribution in [2.24, 2.45) is 0 Å². The molecule has 1 nitrogen and oxygen atoms in total. The van der Waals surface area contributed by atoms with E-state index >= 15 is 4.39 Å². The molecule has 136 valence electrons. The average molecular weight is 401 g/mol. The zero-order valence-electron chi connectivity index (χ0n) is 14.5. The molecule has 6 heteroatoms. The number of thioether (sulfide) groups is 2. The third kappa shape index (κ3) is 3.58. The van der Waals surface area contributed by atoms with E-state index in [4.69, 9.17) is 0 Å². The van der Waals surface area contributed by atoms with Crippen molar-refractivity contribution in [2.45, 2.75) is 9.79 Å². The molecule has 0 N–H and O–H groups in total. The van der Waals surface area contributed by atoms with Gasteiger partial charge in [0.25, 0.3) is 0 Å². The lowest BCUT2D eigenvalue weighted by molar-refractivity contribution is 0.548. The molecule has 3 aromatic carbocycles. The van der Waals surface area contributed by atoms with Gasteiger partial charge in [-0.25, -0.2) is 13.2 Å². The van der Waals surface area contributed by atoms with Gasteiger partial charge < -0.3 is 0 Å². The van der Waals surface area contributed by atoms with Crippen molar-refractivity contribution in [3.63, 3.8) is 0 Å². The van der Waals surface area contributed by atoms with Gasteiger partial charge in [0.05, 0.1) is 11.1 Å². The van der Waals surface area contributed by atoms with Crippen molar-refractivity contribution in [2.75, 3.05) is 12.5 Å². The van der Waals surface area contributed by atoms with Gasteiger partial charge in [-0.05, 0) is 47.9 Å². The summed E-state index contributed by atoms with van der Waals surface area (Å²) in [5.74, 6) is -3.39. The molecule has 0 amide bonds. The van der Waals surface area contributed by atoms with Crippen molar-refractivity contribution in [1.82, 2.24) is 0 Å². The largest absolute Gasteiger partial charge is 0.205 e. The van der Waals surface area contributed by atoms with Crippen molar-refractivity contribution >= 4 is 23.5 Å². The molecular weight excluding hydrogens is 387 g/mol. The van der Waals surface area contributed by atoms with Crippen LogP contribution in [0.3, 0.4) is 0 Å². The monoisotopic (exact) mass is 401 g/mol. The number of benzene rings is 3. The summed E-state index contributed by atoms with van der Waals surface area (Å²) < 4.78 is 44.8. The molecule has 0 aliphatic heterocycles. The van der Waals surface area contributed by atoms with Crippen molar-refractivity contribution in [3.8, 4) is 28.3 Å². The van der Waals surface area contributed by atoms with Gasteiger partial charge in [0.1, 0.15) is 17.4 Å². The highest BCUT2D eigenvalue weighted by Gasteiger charge is 2.26. The first-order valence-electron chi connectivity index (χ1n) is 7.91. The van der Waals surface area contributed by atoms with Crippen LogP contribution < -0.4 is 0 Å². The lowest BCUT2D eigenvalue weighted by atomic mass is 9.94. The minimum atomic E-state index is -1.19. The summed E-state index contributed by atoms with van der Waals surface area (Å²) in [7, 11) is 0. The van der Waals surface area contributed by atoms with E-state index in [0.717, 1.165) is 9.79 Å². The molecule has 0 heterocycles. The fourth-order valence-corrected chi connectivity index (χ4v) is 3.60. The van der Waals surface area contributed by atoms with Crippen LogP contribution in [0.2, 0.25) is 0 Å².